The molecular weight excluding hydrogens is 470 g/mol. The average molecular weight is 506 g/mol. The van der Waals surface area contributed by atoms with E-state index < -0.39 is 5.60 Å². The molecule has 0 bridgehead atoms. The molecule has 37 heavy (non-hydrogen) atoms. The maximum Gasteiger partial charge on any atom is 0.319 e. The lowest BCUT2D eigenvalue weighted by atomic mass is 9.95. The lowest BCUT2D eigenvalue weighted by molar-refractivity contribution is -0.0346. The van der Waals surface area contributed by atoms with Gasteiger partial charge in [-0.3, -0.25) is 0 Å². The Kier molecular flexibility index (Phi) is 7.12. The van der Waals surface area contributed by atoms with Crippen LogP contribution in [0.3, 0.4) is 0 Å². The molecule has 0 unspecified atom stereocenters. The van der Waals surface area contributed by atoms with Crippen molar-refractivity contribution in [3.8, 4) is 11.4 Å². The molecule has 2 amide bonds. The van der Waals surface area contributed by atoms with Crippen LogP contribution < -0.4 is 15.5 Å². The summed E-state index contributed by atoms with van der Waals surface area (Å²) in [5.74, 6) is 2.55. The number of imidazole rings is 1. The quantitative estimate of drug-likeness (QED) is 0.502. The Bertz CT molecular complexity index is 1260. The number of anilines is 2. The number of amides is 2. The number of rotatable bonds is 7. The van der Waals surface area contributed by atoms with Gasteiger partial charge in [-0.15, -0.1) is 0 Å². The number of aryl methyl sites for hydroxylation is 2. The molecule has 1 saturated heterocycles. The van der Waals surface area contributed by atoms with Crippen LogP contribution in [0.2, 0.25) is 0 Å². The second-order valence-electron chi connectivity index (χ2n) is 9.81. The first-order valence-corrected chi connectivity index (χ1v) is 12.9. The fourth-order valence-corrected chi connectivity index (χ4v) is 4.95. The van der Waals surface area contributed by atoms with Gasteiger partial charge in [0.2, 0.25) is 0 Å². The number of fused-ring (bicyclic) bond motifs is 1. The van der Waals surface area contributed by atoms with Gasteiger partial charge in [0.05, 0.1) is 31.6 Å². The highest BCUT2D eigenvalue weighted by Crippen LogP contribution is 2.43. The smallest absolute Gasteiger partial charge is 0.319 e. The summed E-state index contributed by atoms with van der Waals surface area (Å²) in [4.78, 5) is 28.7. The second-order valence-corrected chi connectivity index (χ2v) is 9.81. The highest BCUT2D eigenvalue weighted by atomic mass is 16.5. The van der Waals surface area contributed by atoms with Gasteiger partial charge in [0, 0.05) is 48.8 Å². The zero-order chi connectivity index (χ0) is 26.0. The van der Waals surface area contributed by atoms with Gasteiger partial charge in [-0.05, 0) is 58.4 Å². The first-order chi connectivity index (χ1) is 17.9. The Morgan fingerprint density at radius 1 is 1.24 bits per heavy atom. The van der Waals surface area contributed by atoms with Gasteiger partial charge in [0.15, 0.2) is 5.82 Å². The topological polar surface area (TPSA) is 106 Å². The van der Waals surface area contributed by atoms with Crippen molar-refractivity contribution in [2.24, 2.45) is 0 Å². The van der Waals surface area contributed by atoms with E-state index in [2.05, 4.69) is 38.9 Å². The van der Waals surface area contributed by atoms with E-state index in [1.807, 2.05) is 50.5 Å². The molecule has 2 N–H and O–H groups in total. The van der Waals surface area contributed by atoms with E-state index in [1.54, 1.807) is 0 Å². The predicted octanol–water partition coefficient (Wildman–Crippen LogP) is 3.85. The molecule has 2 atom stereocenters. The number of aromatic nitrogens is 4. The normalized spacial score (nSPS) is 21.1. The van der Waals surface area contributed by atoms with E-state index in [1.165, 1.54) is 0 Å². The standard InChI is InChI=1S/C27H35N7O3/c1-5-28-26(35)30-21-8-6-20(7-9-21)24-31-23-22(25(32-24)34-14-15-36-16-18(34)2)17-37-27(23,4)10-12-33-13-11-29-19(33)3/h6-9,11,13,18H,5,10,12,14-17H2,1-4H3,(H2,28,30,35)/t18-,27+/m0/s1. The fraction of sp³-hybridized carbons (Fsp3) is 0.481. The van der Waals surface area contributed by atoms with E-state index in [0.717, 1.165) is 48.0 Å². The van der Waals surface area contributed by atoms with Crippen LogP contribution >= 0.6 is 0 Å². The molecule has 2 aromatic heterocycles. The lowest BCUT2D eigenvalue weighted by Gasteiger charge is -2.35. The molecule has 196 valence electrons. The summed E-state index contributed by atoms with van der Waals surface area (Å²) in [7, 11) is 0. The minimum Gasteiger partial charge on any atom is -0.377 e. The highest BCUT2D eigenvalue weighted by molar-refractivity contribution is 5.89. The number of hydrogen-bond acceptors (Lipinski definition) is 7. The van der Waals surface area contributed by atoms with Crippen molar-refractivity contribution in [2.45, 2.75) is 58.9 Å². The van der Waals surface area contributed by atoms with Crippen LogP contribution in [0.5, 0.6) is 0 Å². The van der Waals surface area contributed by atoms with Crippen molar-refractivity contribution >= 4 is 17.5 Å². The van der Waals surface area contributed by atoms with Gasteiger partial charge < -0.3 is 29.6 Å². The molecule has 4 heterocycles. The Morgan fingerprint density at radius 3 is 2.76 bits per heavy atom. The van der Waals surface area contributed by atoms with Gasteiger partial charge >= 0.3 is 6.03 Å². The van der Waals surface area contributed by atoms with Crippen molar-refractivity contribution in [1.29, 1.82) is 0 Å². The summed E-state index contributed by atoms with van der Waals surface area (Å²) in [6, 6.07) is 7.60. The number of nitrogens with zero attached hydrogens (tertiary/aromatic N) is 5. The summed E-state index contributed by atoms with van der Waals surface area (Å²) in [5.41, 5.74) is 3.03. The number of morpholine rings is 1. The third-order valence-corrected chi connectivity index (χ3v) is 7.15. The largest absolute Gasteiger partial charge is 0.377 e. The maximum atomic E-state index is 11.9. The molecule has 1 aromatic carbocycles. The summed E-state index contributed by atoms with van der Waals surface area (Å²) in [5, 5.41) is 5.58. The molecular formula is C27H35N7O3. The lowest BCUT2D eigenvalue weighted by Crippen LogP contribution is -2.44. The van der Waals surface area contributed by atoms with Crippen molar-refractivity contribution < 1.29 is 14.3 Å². The van der Waals surface area contributed by atoms with Gasteiger partial charge in [-0.2, -0.15) is 0 Å². The van der Waals surface area contributed by atoms with Crippen LogP contribution in [0.1, 0.15) is 44.3 Å². The zero-order valence-electron chi connectivity index (χ0n) is 22.0. The van der Waals surface area contributed by atoms with E-state index in [0.29, 0.717) is 37.9 Å². The fourth-order valence-electron chi connectivity index (χ4n) is 4.95. The first-order valence-electron chi connectivity index (χ1n) is 12.9. The Morgan fingerprint density at radius 2 is 2.05 bits per heavy atom. The van der Waals surface area contributed by atoms with Gasteiger partial charge in [-0.1, -0.05) is 0 Å². The number of urea groups is 1. The minimum absolute atomic E-state index is 0.199. The van der Waals surface area contributed by atoms with Crippen LogP contribution in [0.25, 0.3) is 11.4 Å². The molecule has 0 saturated carbocycles. The average Bonchev–Trinajstić information content (AvgIpc) is 3.46. The van der Waals surface area contributed by atoms with E-state index in [-0.39, 0.29) is 12.1 Å². The maximum absolute atomic E-state index is 11.9. The van der Waals surface area contributed by atoms with Crippen molar-refractivity contribution in [3.05, 3.63) is 53.7 Å². The van der Waals surface area contributed by atoms with Crippen molar-refractivity contribution in [2.75, 3.05) is 36.5 Å². The molecule has 2 aliphatic heterocycles. The van der Waals surface area contributed by atoms with Crippen LogP contribution in [0, 0.1) is 6.92 Å². The zero-order valence-corrected chi connectivity index (χ0v) is 22.0. The molecule has 5 rings (SSSR count). The Balaban J connectivity index is 1.50. The molecule has 10 nitrogen and oxygen atoms in total. The Hall–Kier alpha value is -3.50. The molecule has 1 fully saturated rings. The molecule has 0 spiro atoms. The van der Waals surface area contributed by atoms with E-state index >= 15 is 0 Å². The highest BCUT2D eigenvalue weighted by Gasteiger charge is 2.41. The van der Waals surface area contributed by atoms with Crippen LogP contribution in [0.15, 0.2) is 36.7 Å². The van der Waals surface area contributed by atoms with Gasteiger partial charge in [0.1, 0.15) is 17.2 Å². The predicted molar refractivity (Wildman–Crippen MR) is 142 cm³/mol. The third-order valence-electron chi connectivity index (χ3n) is 7.15. The molecule has 0 radical (unpaired) electrons. The van der Waals surface area contributed by atoms with Crippen molar-refractivity contribution in [3.63, 3.8) is 0 Å². The number of hydrogen-bond donors (Lipinski definition) is 2. The number of ether oxygens (including phenoxy) is 2. The summed E-state index contributed by atoms with van der Waals surface area (Å²) in [6.07, 6.45) is 4.59. The van der Waals surface area contributed by atoms with Crippen LogP contribution in [-0.2, 0) is 28.2 Å². The molecule has 0 aliphatic carbocycles. The Labute approximate surface area is 217 Å². The molecule has 10 heteroatoms. The summed E-state index contributed by atoms with van der Waals surface area (Å²) >= 11 is 0. The second kappa shape index (κ2) is 10.5. The summed E-state index contributed by atoms with van der Waals surface area (Å²) < 4.78 is 14.3. The number of carbonyl (C=O) groups is 1. The summed E-state index contributed by atoms with van der Waals surface area (Å²) in [6.45, 7) is 12.1. The van der Waals surface area contributed by atoms with E-state index in [4.69, 9.17) is 19.4 Å². The molecule has 2 aliphatic rings. The van der Waals surface area contributed by atoms with Gasteiger partial charge in [-0.25, -0.2) is 19.7 Å². The molecule has 3 aromatic rings. The number of benzene rings is 1. The van der Waals surface area contributed by atoms with Crippen LogP contribution in [0.4, 0.5) is 16.3 Å². The number of carbonyl (C=O) groups excluding carboxylic acids is 1. The number of nitrogens with one attached hydrogen (secondary N) is 2. The van der Waals surface area contributed by atoms with Crippen LogP contribution in [-0.4, -0.2) is 57.9 Å². The minimum atomic E-state index is -0.548. The first kappa shape index (κ1) is 25.2. The van der Waals surface area contributed by atoms with Crippen molar-refractivity contribution in [1.82, 2.24) is 24.8 Å². The van der Waals surface area contributed by atoms with Gasteiger partial charge in [0.25, 0.3) is 0 Å². The monoisotopic (exact) mass is 505 g/mol. The SMILES string of the molecule is CCNC(=O)Nc1ccc(-c2nc(N3CCOC[C@@H]3C)c3c(n2)[C@@](C)(CCn2ccnc2C)OC3)cc1. The third kappa shape index (κ3) is 5.17. The van der Waals surface area contributed by atoms with E-state index in [9.17, 15) is 4.79 Å².